The molecule has 8 nitrogen and oxygen atoms in total. The number of aliphatic hydroxyl groups is 2. The lowest BCUT2D eigenvalue weighted by molar-refractivity contribution is -0.0177. The standard InChI is InChI=1S/C20H21N5O3/c1-2-12-13-8-20(13,16(27)15(12)26)25-10-23-14-17(21-9-22-18(14)25)24-19(28)11-6-4-3-5-7-11/h3-7,9-10,12-13,15-16,26-27H,2,8H2,1H3,(H,21,22,24,28)/t12-,13-,15+,16+,20-/m0/s1. The Labute approximate surface area is 161 Å². The van der Waals surface area contributed by atoms with E-state index in [-0.39, 0.29) is 17.7 Å². The van der Waals surface area contributed by atoms with E-state index in [1.165, 1.54) is 6.33 Å². The molecule has 0 bridgehead atoms. The third-order valence-electron chi connectivity index (χ3n) is 6.34. The maximum atomic E-state index is 12.5. The lowest BCUT2D eigenvalue weighted by Gasteiger charge is -2.24. The van der Waals surface area contributed by atoms with E-state index in [1.54, 1.807) is 30.6 Å². The number of hydrogen-bond donors (Lipinski definition) is 3. The summed E-state index contributed by atoms with van der Waals surface area (Å²) < 4.78 is 1.86. The fourth-order valence-electron chi connectivity index (χ4n) is 4.87. The molecule has 8 heteroatoms. The van der Waals surface area contributed by atoms with E-state index in [0.717, 1.165) is 12.8 Å². The summed E-state index contributed by atoms with van der Waals surface area (Å²) in [6.45, 7) is 2.03. The highest BCUT2D eigenvalue weighted by atomic mass is 16.3. The van der Waals surface area contributed by atoms with Crippen molar-refractivity contribution >= 4 is 22.9 Å². The summed E-state index contributed by atoms with van der Waals surface area (Å²) in [4.78, 5) is 25.4. The zero-order valence-electron chi connectivity index (χ0n) is 15.4. The van der Waals surface area contributed by atoms with Crippen LogP contribution in [0.1, 0.15) is 30.1 Å². The second kappa shape index (κ2) is 6.08. The van der Waals surface area contributed by atoms with Gasteiger partial charge in [-0.3, -0.25) is 4.79 Å². The number of fused-ring (bicyclic) bond motifs is 2. The van der Waals surface area contributed by atoms with Crippen LogP contribution in [0.4, 0.5) is 5.82 Å². The van der Waals surface area contributed by atoms with E-state index >= 15 is 0 Å². The number of rotatable bonds is 4. The van der Waals surface area contributed by atoms with Gasteiger partial charge in [0.1, 0.15) is 12.4 Å². The van der Waals surface area contributed by atoms with Crippen molar-refractivity contribution in [1.29, 1.82) is 0 Å². The molecule has 2 saturated carbocycles. The molecule has 0 spiro atoms. The van der Waals surface area contributed by atoms with Gasteiger partial charge >= 0.3 is 0 Å². The molecule has 2 heterocycles. The number of nitrogens with one attached hydrogen (secondary N) is 1. The van der Waals surface area contributed by atoms with Crippen LogP contribution in [0.2, 0.25) is 0 Å². The van der Waals surface area contributed by atoms with Crippen molar-refractivity contribution in [2.45, 2.75) is 37.5 Å². The van der Waals surface area contributed by atoms with Crippen molar-refractivity contribution in [2.24, 2.45) is 11.8 Å². The first-order valence-corrected chi connectivity index (χ1v) is 9.49. The number of aliphatic hydroxyl groups excluding tert-OH is 2. The predicted octanol–water partition coefficient (Wildman–Crippen LogP) is 1.56. The van der Waals surface area contributed by atoms with Crippen molar-refractivity contribution in [3.8, 4) is 0 Å². The van der Waals surface area contributed by atoms with Gasteiger partial charge in [-0.1, -0.05) is 31.5 Å². The van der Waals surface area contributed by atoms with Crippen LogP contribution in [0, 0.1) is 11.8 Å². The summed E-state index contributed by atoms with van der Waals surface area (Å²) in [5, 5.41) is 24.0. The number of carbonyl (C=O) groups is 1. The molecule has 2 fully saturated rings. The van der Waals surface area contributed by atoms with E-state index in [4.69, 9.17) is 0 Å². The van der Waals surface area contributed by atoms with Gasteiger partial charge in [-0.15, -0.1) is 0 Å². The van der Waals surface area contributed by atoms with Crippen molar-refractivity contribution in [3.05, 3.63) is 48.5 Å². The zero-order valence-corrected chi connectivity index (χ0v) is 15.4. The molecule has 28 heavy (non-hydrogen) atoms. The first-order valence-electron chi connectivity index (χ1n) is 9.49. The van der Waals surface area contributed by atoms with Crippen LogP contribution in [0.15, 0.2) is 43.0 Å². The molecule has 2 aromatic heterocycles. The van der Waals surface area contributed by atoms with Crippen LogP contribution in [0.25, 0.3) is 11.2 Å². The molecule has 3 N–H and O–H groups in total. The van der Waals surface area contributed by atoms with E-state index in [1.807, 2.05) is 17.6 Å². The van der Waals surface area contributed by atoms with E-state index in [2.05, 4.69) is 20.3 Å². The molecule has 3 aromatic rings. The Morgan fingerprint density at radius 3 is 2.75 bits per heavy atom. The number of nitrogens with zero attached hydrogens (tertiary/aromatic N) is 4. The Bertz CT molecular complexity index is 1050. The Morgan fingerprint density at radius 1 is 1.25 bits per heavy atom. The molecule has 144 valence electrons. The number of benzene rings is 1. The predicted molar refractivity (Wildman–Crippen MR) is 102 cm³/mol. The lowest BCUT2D eigenvalue weighted by Crippen LogP contribution is -2.38. The maximum Gasteiger partial charge on any atom is 0.256 e. The van der Waals surface area contributed by atoms with Crippen LogP contribution in [-0.4, -0.2) is 47.8 Å². The first kappa shape index (κ1) is 17.3. The molecule has 2 aliphatic carbocycles. The average Bonchev–Trinajstić information content (AvgIpc) is 3.22. The third kappa shape index (κ3) is 2.25. The van der Waals surface area contributed by atoms with Gasteiger partial charge in [0, 0.05) is 5.56 Å². The van der Waals surface area contributed by atoms with Gasteiger partial charge in [0.15, 0.2) is 17.0 Å². The Balaban J connectivity index is 1.52. The molecule has 0 unspecified atom stereocenters. The molecule has 1 amide bonds. The van der Waals surface area contributed by atoms with Gasteiger partial charge in [0.25, 0.3) is 5.91 Å². The van der Waals surface area contributed by atoms with Crippen molar-refractivity contribution < 1.29 is 15.0 Å². The fourth-order valence-corrected chi connectivity index (χ4v) is 4.87. The summed E-state index contributed by atoms with van der Waals surface area (Å²) in [5.41, 5.74) is 0.955. The van der Waals surface area contributed by atoms with Crippen molar-refractivity contribution in [3.63, 3.8) is 0 Å². The second-order valence-corrected chi connectivity index (χ2v) is 7.64. The Kier molecular flexibility index (Phi) is 3.75. The molecule has 1 aromatic carbocycles. The van der Waals surface area contributed by atoms with Crippen LogP contribution in [0.3, 0.4) is 0 Å². The van der Waals surface area contributed by atoms with Gasteiger partial charge in [-0.05, 0) is 30.4 Å². The van der Waals surface area contributed by atoms with E-state index < -0.39 is 17.7 Å². The monoisotopic (exact) mass is 379 g/mol. The second-order valence-electron chi connectivity index (χ2n) is 7.64. The molecule has 0 radical (unpaired) electrons. The van der Waals surface area contributed by atoms with Gasteiger partial charge in [-0.25, -0.2) is 15.0 Å². The normalized spacial score (nSPS) is 31.0. The molecule has 5 atom stereocenters. The largest absolute Gasteiger partial charge is 0.390 e. The maximum absolute atomic E-state index is 12.5. The number of carbonyl (C=O) groups excluding carboxylic acids is 1. The van der Waals surface area contributed by atoms with Gasteiger partial charge in [0.2, 0.25) is 0 Å². The van der Waals surface area contributed by atoms with E-state index in [9.17, 15) is 15.0 Å². The quantitative estimate of drug-likeness (QED) is 0.634. The van der Waals surface area contributed by atoms with E-state index in [0.29, 0.717) is 22.5 Å². The Morgan fingerprint density at radius 2 is 2.04 bits per heavy atom. The lowest BCUT2D eigenvalue weighted by atomic mass is 9.97. The zero-order chi connectivity index (χ0) is 19.5. The first-order chi connectivity index (χ1) is 13.6. The average molecular weight is 379 g/mol. The summed E-state index contributed by atoms with van der Waals surface area (Å²) in [7, 11) is 0. The summed E-state index contributed by atoms with van der Waals surface area (Å²) in [5.74, 6) is 0.301. The van der Waals surface area contributed by atoms with Crippen LogP contribution in [-0.2, 0) is 5.54 Å². The van der Waals surface area contributed by atoms with Crippen LogP contribution in [0.5, 0.6) is 0 Å². The highest BCUT2D eigenvalue weighted by Gasteiger charge is 2.71. The molecular weight excluding hydrogens is 358 g/mol. The van der Waals surface area contributed by atoms with Gasteiger partial charge in [0.05, 0.1) is 18.0 Å². The smallest absolute Gasteiger partial charge is 0.256 e. The number of amides is 1. The summed E-state index contributed by atoms with van der Waals surface area (Å²) >= 11 is 0. The minimum Gasteiger partial charge on any atom is -0.390 e. The summed E-state index contributed by atoms with van der Waals surface area (Å²) in [6.07, 6.45) is 2.99. The minimum absolute atomic E-state index is 0.0616. The minimum atomic E-state index is -0.864. The third-order valence-corrected chi connectivity index (χ3v) is 6.34. The number of anilines is 1. The number of hydrogen-bond acceptors (Lipinski definition) is 6. The van der Waals surface area contributed by atoms with Crippen LogP contribution >= 0.6 is 0 Å². The molecule has 2 aliphatic rings. The SMILES string of the molecule is CC[C@@H]1[C@@H](O)[C@@H](O)[C@]2(n3cnc4c(NC(=O)c5ccccc5)ncnc43)C[C@@H]12. The van der Waals surface area contributed by atoms with Gasteiger partial charge < -0.3 is 20.1 Å². The molecule has 0 saturated heterocycles. The summed E-state index contributed by atoms with van der Waals surface area (Å²) in [6, 6.07) is 8.88. The highest BCUT2D eigenvalue weighted by molar-refractivity contribution is 6.06. The molecular formula is C20H21N5O3. The van der Waals surface area contributed by atoms with Crippen molar-refractivity contribution in [1.82, 2.24) is 19.5 Å². The number of imidazole rings is 1. The Hall–Kier alpha value is -2.84. The highest BCUT2D eigenvalue weighted by Crippen LogP contribution is 2.65. The fraction of sp³-hybridized carbons (Fsp3) is 0.400. The number of aromatic nitrogens is 4. The topological polar surface area (TPSA) is 113 Å². The van der Waals surface area contributed by atoms with Crippen LogP contribution < -0.4 is 5.32 Å². The molecule has 0 aliphatic heterocycles. The van der Waals surface area contributed by atoms with Crippen molar-refractivity contribution in [2.75, 3.05) is 5.32 Å². The molecule has 5 rings (SSSR count). The van der Waals surface area contributed by atoms with Gasteiger partial charge in [-0.2, -0.15) is 0 Å².